The third-order valence-electron chi connectivity index (χ3n) is 3.30. The van der Waals surface area contributed by atoms with Gasteiger partial charge in [-0.2, -0.15) is 0 Å². The van der Waals surface area contributed by atoms with Crippen molar-refractivity contribution in [2.24, 2.45) is 0 Å². The fraction of sp³-hybridized carbons (Fsp3) is 1.00. The van der Waals surface area contributed by atoms with Gasteiger partial charge < -0.3 is 0 Å². The molecule has 1 saturated heterocycles. The molecule has 0 aromatic rings. The molecule has 1 rings (SSSR count). The zero-order valence-electron chi connectivity index (χ0n) is 9.43. The molecular weight excluding hydrogens is 186 g/mol. The van der Waals surface area contributed by atoms with Crippen molar-refractivity contribution in [3.8, 4) is 0 Å². The Morgan fingerprint density at radius 1 is 1.50 bits per heavy atom. The second-order valence-electron chi connectivity index (χ2n) is 4.88. The lowest BCUT2D eigenvalue weighted by atomic mass is 10.0. The summed E-state index contributed by atoms with van der Waals surface area (Å²) in [6.45, 7) is 5.08. The smallest absolute Gasteiger partial charge is 0.251 e. The zero-order valence-corrected chi connectivity index (χ0v) is 9.43. The van der Waals surface area contributed by atoms with Crippen LogP contribution in [-0.2, 0) is 0 Å². The zero-order chi connectivity index (χ0) is 10.9. The first-order valence-electron chi connectivity index (χ1n) is 5.02. The van der Waals surface area contributed by atoms with E-state index in [9.17, 15) is 8.78 Å². The van der Waals surface area contributed by atoms with Crippen LogP contribution in [0.1, 0.15) is 20.3 Å². The maximum Gasteiger partial charge on any atom is 0.251 e. The average molecular weight is 206 g/mol. The average Bonchev–Trinajstić information content (AvgIpc) is 2.25. The maximum absolute atomic E-state index is 12.2. The van der Waals surface area contributed by atoms with Gasteiger partial charge in [0.2, 0.25) is 0 Å². The number of rotatable bonds is 3. The summed E-state index contributed by atoms with van der Waals surface area (Å²) in [7, 11) is 3.84. The highest BCUT2D eigenvalue weighted by Crippen LogP contribution is 2.29. The molecule has 1 unspecified atom stereocenters. The number of likely N-dealkylation sites (tertiary alicyclic amines) is 1. The van der Waals surface area contributed by atoms with Crippen LogP contribution in [0.25, 0.3) is 0 Å². The Kier molecular flexibility index (Phi) is 3.48. The molecule has 4 heteroatoms. The van der Waals surface area contributed by atoms with Gasteiger partial charge in [-0.15, -0.1) is 0 Å². The van der Waals surface area contributed by atoms with E-state index in [2.05, 4.69) is 25.8 Å². The van der Waals surface area contributed by atoms with Crippen molar-refractivity contribution in [1.82, 2.24) is 9.80 Å². The van der Waals surface area contributed by atoms with Crippen LogP contribution in [0, 0.1) is 0 Å². The topological polar surface area (TPSA) is 6.48 Å². The monoisotopic (exact) mass is 206 g/mol. The molecule has 84 valence electrons. The van der Waals surface area contributed by atoms with Crippen LogP contribution in [-0.4, -0.2) is 55.0 Å². The lowest BCUT2D eigenvalue weighted by Gasteiger charge is -2.26. The van der Waals surface area contributed by atoms with Gasteiger partial charge in [0.15, 0.2) is 0 Å². The Balaban J connectivity index is 2.49. The van der Waals surface area contributed by atoms with Crippen LogP contribution >= 0.6 is 0 Å². The van der Waals surface area contributed by atoms with Gasteiger partial charge in [0.05, 0.1) is 6.54 Å². The molecule has 0 amide bonds. The largest absolute Gasteiger partial charge is 0.300 e. The number of hydrogen-bond donors (Lipinski definition) is 0. The lowest BCUT2D eigenvalue weighted by Crippen LogP contribution is -2.36. The second kappa shape index (κ2) is 4.11. The van der Waals surface area contributed by atoms with Gasteiger partial charge in [-0.3, -0.25) is 9.80 Å². The van der Waals surface area contributed by atoms with Crippen molar-refractivity contribution in [1.29, 1.82) is 0 Å². The van der Waals surface area contributed by atoms with Gasteiger partial charge >= 0.3 is 0 Å². The van der Waals surface area contributed by atoms with E-state index in [1.165, 1.54) is 0 Å². The first-order valence-corrected chi connectivity index (χ1v) is 5.02. The van der Waals surface area contributed by atoms with Crippen LogP contribution in [0.2, 0.25) is 0 Å². The lowest BCUT2D eigenvalue weighted by molar-refractivity contribution is 0.0824. The first kappa shape index (κ1) is 11.9. The second-order valence-corrected chi connectivity index (χ2v) is 4.88. The first-order chi connectivity index (χ1) is 6.33. The van der Waals surface area contributed by atoms with Gasteiger partial charge in [-0.05, 0) is 34.4 Å². The fourth-order valence-electron chi connectivity index (χ4n) is 2.02. The van der Waals surface area contributed by atoms with Crippen molar-refractivity contribution < 1.29 is 8.78 Å². The molecule has 14 heavy (non-hydrogen) atoms. The van der Waals surface area contributed by atoms with E-state index in [0.29, 0.717) is 0 Å². The number of alkyl halides is 2. The van der Waals surface area contributed by atoms with Gasteiger partial charge in [0.25, 0.3) is 6.43 Å². The molecule has 0 aliphatic carbocycles. The third kappa shape index (κ3) is 2.64. The van der Waals surface area contributed by atoms with Crippen LogP contribution in [0.15, 0.2) is 0 Å². The minimum Gasteiger partial charge on any atom is -0.300 e. The Labute approximate surface area is 84.9 Å². The van der Waals surface area contributed by atoms with Crippen LogP contribution in [0.5, 0.6) is 0 Å². The molecule has 1 fully saturated rings. The van der Waals surface area contributed by atoms with Crippen molar-refractivity contribution >= 4 is 0 Å². The van der Waals surface area contributed by atoms with Crippen LogP contribution in [0.3, 0.4) is 0 Å². The summed E-state index contributed by atoms with van der Waals surface area (Å²) in [4.78, 5) is 4.01. The molecule has 0 bridgehead atoms. The number of nitrogens with zero attached hydrogens (tertiary/aromatic N) is 2. The minimum absolute atomic E-state index is 0.116. The van der Waals surface area contributed by atoms with Crippen LogP contribution < -0.4 is 0 Å². The molecule has 0 saturated carbocycles. The van der Waals surface area contributed by atoms with E-state index in [0.717, 1.165) is 13.0 Å². The summed E-state index contributed by atoms with van der Waals surface area (Å²) in [6, 6.07) is 0.268. The Hall–Kier alpha value is -0.220. The van der Waals surface area contributed by atoms with Gasteiger partial charge in [-0.25, -0.2) is 8.78 Å². The quantitative estimate of drug-likeness (QED) is 0.693. The van der Waals surface area contributed by atoms with Gasteiger partial charge in [0.1, 0.15) is 0 Å². The summed E-state index contributed by atoms with van der Waals surface area (Å²) in [5, 5.41) is 0. The van der Waals surface area contributed by atoms with E-state index in [1.807, 2.05) is 0 Å². The van der Waals surface area contributed by atoms with E-state index in [-0.39, 0.29) is 18.1 Å². The molecular formula is C10H20F2N2. The number of hydrogen-bond acceptors (Lipinski definition) is 2. The fourth-order valence-corrected chi connectivity index (χ4v) is 2.02. The predicted molar refractivity (Wildman–Crippen MR) is 53.7 cm³/mol. The Morgan fingerprint density at radius 2 is 2.07 bits per heavy atom. The predicted octanol–water partition coefficient (Wildman–Crippen LogP) is 1.67. The molecule has 1 aliphatic heterocycles. The minimum atomic E-state index is -2.23. The molecule has 0 radical (unpaired) electrons. The van der Waals surface area contributed by atoms with E-state index in [1.54, 1.807) is 11.9 Å². The number of halogens is 2. The summed E-state index contributed by atoms with van der Waals surface area (Å²) in [5.74, 6) is 0. The molecule has 0 spiro atoms. The highest BCUT2D eigenvalue weighted by molar-refractivity contribution is 4.94. The normalized spacial score (nSPS) is 27.9. The summed E-state index contributed by atoms with van der Waals surface area (Å²) >= 11 is 0. The number of likely N-dealkylation sites (N-methyl/N-ethyl adjacent to an activating group) is 2. The van der Waals surface area contributed by atoms with E-state index < -0.39 is 6.43 Å². The Bertz CT molecular complexity index is 195. The standard InChI is InChI=1S/C10H20F2N2/c1-10(2)5-8(6-14(10)4)13(3)7-9(11)12/h8-9H,5-7H2,1-4H3. The van der Waals surface area contributed by atoms with Crippen molar-refractivity contribution in [2.45, 2.75) is 38.3 Å². The van der Waals surface area contributed by atoms with Gasteiger partial charge in [-0.1, -0.05) is 0 Å². The van der Waals surface area contributed by atoms with E-state index in [4.69, 9.17) is 0 Å². The van der Waals surface area contributed by atoms with Crippen molar-refractivity contribution in [2.75, 3.05) is 27.2 Å². The van der Waals surface area contributed by atoms with Gasteiger partial charge in [0, 0.05) is 18.1 Å². The summed E-state index contributed by atoms with van der Waals surface area (Å²) in [5.41, 5.74) is 0.140. The maximum atomic E-state index is 12.2. The SMILES string of the molecule is CN(CC(F)F)C1CN(C)C(C)(C)C1. The highest BCUT2D eigenvalue weighted by Gasteiger charge is 2.37. The molecule has 0 aromatic carbocycles. The van der Waals surface area contributed by atoms with Crippen molar-refractivity contribution in [3.05, 3.63) is 0 Å². The third-order valence-corrected chi connectivity index (χ3v) is 3.30. The summed E-state index contributed by atoms with van der Waals surface area (Å²) < 4.78 is 24.3. The van der Waals surface area contributed by atoms with Crippen molar-refractivity contribution in [3.63, 3.8) is 0 Å². The molecule has 1 heterocycles. The summed E-state index contributed by atoms with van der Waals surface area (Å²) in [6.07, 6.45) is -1.26. The molecule has 1 atom stereocenters. The Morgan fingerprint density at radius 3 is 2.43 bits per heavy atom. The molecule has 0 N–H and O–H groups in total. The van der Waals surface area contributed by atoms with E-state index >= 15 is 0 Å². The molecule has 2 nitrogen and oxygen atoms in total. The van der Waals surface area contributed by atoms with Crippen LogP contribution in [0.4, 0.5) is 8.78 Å². The molecule has 1 aliphatic rings. The highest BCUT2D eigenvalue weighted by atomic mass is 19.3. The molecule has 0 aromatic heterocycles.